The van der Waals surface area contributed by atoms with Crippen LogP contribution in [0.1, 0.15) is 24.8 Å². The van der Waals surface area contributed by atoms with Crippen LogP contribution in [0.5, 0.6) is 0 Å². The van der Waals surface area contributed by atoms with E-state index >= 15 is 0 Å². The van der Waals surface area contributed by atoms with Crippen LogP contribution in [-0.4, -0.2) is 31.1 Å². The summed E-state index contributed by atoms with van der Waals surface area (Å²) in [7, 11) is -3.81. The zero-order valence-corrected chi connectivity index (χ0v) is 12.9. The van der Waals surface area contributed by atoms with Crippen molar-refractivity contribution in [2.75, 3.05) is 12.8 Å². The Balaban J connectivity index is 2.20. The van der Waals surface area contributed by atoms with Crippen LogP contribution in [-0.2, 0) is 16.6 Å². The number of nitrogens with one attached hydrogen (secondary N) is 1. The van der Waals surface area contributed by atoms with Crippen molar-refractivity contribution >= 4 is 21.8 Å². The van der Waals surface area contributed by atoms with Gasteiger partial charge in [0.2, 0.25) is 10.0 Å². The van der Waals surface area contributed by atoms with Gasteiger partial charge in [-0.2, -0.15) is 11.8 Å². The minimum atomic E-state index is -3.81. The van der Waals surface area contributed by atoms with E-state index in [9.17, 15) is 17.9 Å². The van der Waals surface area contributed by atoms with Gasteiger partial charge in [0.05, 0.1) is 11.5 Å². The standard InChI is InChI=1S/C13H18FNO3S2/c1-19-13(5-2-6-13)9-15-20(17,18)12-7-11(14)4-3-10(12)8-16/h3-4,7,15-16H,2,5-6,8-9H2,1H3. The molecule has 2 rings (SSSR count). The third-order valence-corrected chi connectivity index (χ3v) is 6.67. The number of aliphatic hydroxyl groups is 1. The molecule has 1 aliphatic carbocycles. The summed E-state index contributed by atoms with van der Waals surface area (Å²) in [6, 6.07) is 3.37. The van der Waals surface area contributed by atoms with Crippen molar-refractivity contribution in [2.45, 2.75) is 35.5 Å². The lowest BCUT2D eigenvalue weighted by Crippen LogP contribution is -2.45. The van der Waals surface area contributed by atoms with Crippen LogP contribution >= 0.6 is 11.8 Å². The quantitative estimate of drug-likeness (QED) is 0.840. The van der Waals surface area contributed by atoms with Gasteiger partial charge < -0.3 is 5.11 Å². The van der Waals surface area contributed by atoms with Crippen LogP contribution in [0.25, 0.3) is 0 Å². The molecule has 2 N–H and O–H groups in total. The molecule has 0 spiro atoms. The predicted molar refractivity (Wildman–Crippen MR) is 77.6 cm³/mol. The highest BCUT2D eigenvalue weighted by Gasteiger charge is 2.37. The predicted octanol–water partition coefficient (Wildman–Crippen LogP) is 1.88. The SMILES string of the molecule is CSC1(CNS(=O)(=O)c2cc(F)ccc2CO)CCC1. The molecule has 1 saturated carbocycles. The lowest BCUT2D eigenvalue weighted by molar-refractivity contribution is 0.278. The van der Waals surface area contributed by atoms with Crippen molar-refractivity contribution in [1.82, 2.24) is 4.72 Å². The highest BCUT2D eigenvalue weighted by molar-refractivity contribution is 8.00. The Labute approximate surface area is 122 Å². The van der Waals surface area contributed by atoms with Crippen LogP contribution in [0, 0.1) is 5.82 Å². The van der Waals surface area contributed by atoms with Gasteiger partial charge in [0, 0.05) is 11.3 Å². The van der Waals surface area contributed by atoms with Gasteiger partial charge in [-0.25, -0.2) is 17.5 Å². The van der Waals surface area contributed by atoms with Gasteiger partial charge in [0.15, 0.2) is 0 Å². The maximum absolute atomic E-state index is 13.3. The summed E-state index contributed by atoms with van der Waals surface area (Å²) in [6.45, 7) is -0.109. The molecule has 4 nitrogen and oxygen atoms in total. The van der Waals surface area contributed by atoms with Crippen molar-refractivity contribution in [1.29, 1.82) is 0 Å². The molecule has 0 radical (unpaired) electrons. The highest BCUT2D eigenvalue weighted by Crippen LogP contribution is 2.42. The molecule has 20 heavy (non-hydrogen) atoms. The molecular weight excluding hydrogens is 301 g/mol. The summed E-state index contributed by atoms with van der Waals surface area (Å²) < 4.78 is 40.3. The normalized spacial score (nSPS) is 17.8. The number of hydrogen-bond acceptors (Lipinski definition) is 4. The molecule has 0 aromatic heterocycles. The molecule has 0 saturated heterocycles. The summed E-state index contributed by atoms with van der Waals surface area (Å²) in [5.74, 6) is -0.634. The lowest BCUT2D eigenvalue weighted by Gasteiger charge is -2.40. The van der Waals surface area contributed by atoms with Crippen LogP contribution in [0.15, 0.2) is 23.1 Å². The molecule has 0 bridgehead atoms. The van der Waals surface area contributed by atoms with E-state index in [1.165, 1.54) is 6.07 Å². The summed E-state index contributed by atoms with van der Waals surface area (Å²) in [5.41, 5.74) is 0.200. The highest BCUT2D eigenvalue weighted by atomic mass is 32.2. The Bertz CT molecular complexity index is 580. The average Bonchev–Trinajstić information content (AvgIpc) is 2.38. The molecule has 112 valence electrons. The van der Waals surface area contributed by atoms with Crippen LogP contribution in [0.2, 0.25) is 0 Å². The van der Waals surface area contributed by atoms with Gasteiger partial charge in [-0.05, 0) is 36.8 Å². The van der Waals surface area contributed by atoms with Crippen LogP contribution in [0.3, 0.4) is 0 Å². The monoisotopic (exact) mass is 319 g/mol. The van der Waals surface area contributed by atoms with E-state index in [0.29, 0.717) is 6.54 Å². The smallest absolute Gasteiger partial charge is 0.241 e. The van der Waals surface area contributed by atoms with E-state index in [4.69, 9.17) is 0 Å². The molecule has 1 aromatic carbocycles. The minimum Gasteiger partial charge on any atom is -0.392 e. The Hall–Kier alpha value is -0.630. The second kappa shape index (κ2) is 6.01. The van der Waals surface area contributed by atoms with E-state index in [-0.39, 0.29) is 15.2 Å². The Kier molecular flexibility index (Phi) is 4.73. The largest absolute Gasteiger partial charge is 0.392 e. The first-order valence-corrected chi connectivity index (χ1v) is 9.07. The third kappa shape index (κ3) is 3.16. The van der Waals surface area contributed by atoms with E-state index < -0.39 is 22.4 Å². The summed E-state index contributed by atoms with van der Waals surface area (Å²) >= 11 is 1.66. The Morgan fingerprint density at radius 3 is 2.65 bits per heavy atom. The molecule has 0 aliphatic heterocycles. The van der Waals surface area contributed by atoms with E-state index in [1.807, 2.05) is 6.26 Å². The number of rotatable bonds is 6. The average molecular weight is 319 g/mol. The molecule has 1 aliphatic rings. The lowest BCUT2D eigenvalue weighted by atomic mass is 9.84. The van der Waals surface area contributed by atoms with E-state index in [1.54, 1.807) is 11.8 Å². The van der Waals surface area contributed by atoms with E-state index in [2.05, 4.69) is 4.72 Å². The zero-order chi connectivity index (χ0) is 14.8. The molecule has 1 fully saturated rings. The maximum Gasteiger partial charge on any atom is 0.241 e. The van der Waals surface area contributed by atoms with Crippen LogP contribution < -0.4 is 4.72 Å². The molecular formula is C13H18FNO3S2. The Morgan fingerprint density at radius 2 is 2.15 bits per heavy atom. The zero-order valence-electron chi connectivity index (χ0n) is 11.2. The fraction of sp³-hybridized carbons (Fsp3) is 0.538. The van der Waals surface area contributed by atoms with Crippen LogP contribution in [0.4, 0.5) is 4.39 Å². The van der Waals surface area contributed by atoms with Gasteiger partial charge >= 0.3 is 0 Å². The van der Waals surface area contributed by atoms with Gasteiger partial charge in [0.25, 0.3) is 0 Å². The first kappa shape index (κ1) is 15.8. The molecule has 7 heteroatoms. The first-order valence-electron chi connectivity index (χ1n) is 6.36. The van der Waals surface area contributed by atoms with Gasteiger partial charge in [-0.1, -0.05) is 12.5 Å². The number of aliphatic hydroxyl groups excluding tert-OH is 1. The second-order valence-electron chi connectivity index (χ2n) is 4.98. The number of thioether (sulfide) groups is 1. The number of sulfonamides is 1. The summed E-state index contributed by atoms with van der Waals surface area (Å²) in [5, 5.41) is 9.19. The number of benzene rings is 1. The van der Waals surface area contributed by atoms with E-state index in [0.717, 1.165) is 31.4 Å². The second-order valence-corrected chi connectivity index (χ2v) is 7.99. The van der Waals surface area contributed by atoms with Crippen molar-refractivity contribution in [2.24, 2.45) is 0 Å². The first-order chi connectivity index (χ1) is 9.42. The fourth-order valence-corrected chi connectivity index (χ4v) is 4.61. The molecule has 0 unspecified atom stereocenters. The topological polar surface area (TPSA) is 66.4 Å². The molecule has 0 atom stereocenters. The number of halogens is 1. The Morgan fingerprint density at radius 1 is 1.45 bits per heavy atom. The summed E-state index contributed by atoms with van der Waals surface area (Å²) in [6.07, 6.45) is 5.03. The van der Waals surface area contributed by atoms with Crippen molar-refractivity contribution in [3.8, 4) is 0 Å². The van der Waals surface area contributed by atoms with Gasteiger partial charge in [0.1, 0.15) is 5.82 Å². The number of hydrogen-bond donors (Lipinski definition) is 2. The van der Waals surface area contributed by atoms with Gasteiger partial charge in [-0.15, -0.1) is 0 Å². The van der Waals surface area contributed by atoms with Gasteiger partial charge in [-0.3, -0.25) is 0 Å². The molecule has 0 amide bonds. The molecule has 0 heterocycles. The minimum absolute atomic E-state index is 0.0419. The fourth-order valence-electron chi connectivity index (χ4n) is 2.24. The third-order valence-electron chi connectivity index (χ3n) is 3.77. The summed E-state index contributed by atoms with van der Waals surface area (Å²) in [4.78, 5) is -0.185. The van der Waals surface area contributed by atoms with Crippen molar-refractivity contribution in [3.05, 3.63) is 29.6 Å². The van der Waals surface area contributed by atoms with Crippen molar-refractivity contribution < 1.29 is 17.9 Å². The molecule has 1 aromatic rings. The van der Waals surface area contributed by atoms with Crippen molar-refractivity contribution in [3.63, 3.8) is 0 Å². The maximum atomic E-state index is 13.3.